The van der Waals surface area contributed by atoms with Crippen LogP contribution in [0.2, 0.25) is 0 Å². The number of hydrogen-bond acceptors (Lipinski definition) is 7. The van der Waals surface area contributed by atoms with Gasteiger partial charge in [0.2, 0.25) is 5.88 Å². The van der Waals surface area contributed by atoms with E-state index in [4.69, 9.17) is 14.2 Å². The summed E-state index contributed by atoms with van der Waals surface area (Å²) in [7, 11) is 0. The van der Waals surface area contributed by atoms with Gasteiger partial charge in [-0.25, -0.2) is 4.68 Å². The van der Waals surface area contributed by atoms with E-state index in [1.165, 1.54) is 10.9 Å². The molecule has 0 N–H and O–H groups in total. The second-order valence-corrected chi connectivity index (χ2v) is 7.76. The summed E-state index contributed by atoms with van der Waals surface area (Å²) < 4.78 is 18.6. The summed E-state index contributed by atoms with van der Waals surface area (Å²) in [6.07, 6.45) is 2.20. The van der Waals surface area contributed by atoms with E-state index >= 15 is 0 Å². The molecule has 0 bridgehead atoms. The first kappa shape index (κ1) is 22.8. The van der Waals surface area contributed by atoms with Crippen LogP contribution >= 0.6 is 0 Å². The normalized spacial score (nSPS) is 14.2. The largest absolute Gasteiger partial charge is 0.545 e. The monoisotopic (exact) mass is 450 g/mol. The number of rotatable bonds is 10. The van der Waals surface area contributed by atoms with Crippen molar-refractivity contribution in [2.24, 2.45) is 0 Å². The van der Waals surface area contributed by atoms with Crippen LogP contribution in [0.15, 0.2) is 54.7 Å². The average Bonchev–Trinajstić information content (AvgIpc) is 3.28. The predicted octanol–water partition coefficient (Wildman–Crippen LogP) is 2.40. The average molecular weight is 451 g/mol. The van der Waals surface area contributed by atoms with Crippen molar-refractivity contribution in [1.29, 1.82) is 0 Å². The molecule has 8 nitrogen and oxygen atoms in total. The summed E-state index contributed by atoms with van der Waals surface area (Å²) in [5.41, 5.74) is 2.61. The highest BCUT2D eigenvalue weighted by Gasteiger charge is 2.17. The molecule has 1 fully saturated rings. The van der Waals surface area contributed by atoms with Gasteiger partial charge in [-0.15, -0.1) is 0 Å². The van der Waals surface area contributed by atoms with Crippen LogP contribution in [0.25, 0.3) is 16.8 Å². The number of carbonyl (C=O) groups is 1. The number of hydrogen-bond donors (Lipinski definition) is 0. The Hall–Kier alpha value is -3.36. The minimum Gasteiger partial charge on any atom is -0.545 e. The molecule has 1 aliphatic heterocycles. The lowest BCUT2D eigenvalue weighted by atomic mass is 10.0. The van der Waals surface area contributed by atoms with Crippen LogP contribution in [0.3, 0.4) is 0 Å². The molecule has 0 spiro atoms. The number of benzene rings is 2. The van der Waals surface area contributed by atoms with Crippen molar-refractivity contribution in [1.82, 2.24) is 14.7 Å². The van der Waals surface area contributed by atoms with Gasteiger partial charge >= 0.3 is 0 Å². The number of carboxylic acids is 1. The zero-order valence-corrected chi connectivity index (χ0v) is 18.7. The van der Waals surface area contributed by atoms with E-state index in [1.54, 1.807) is 0 Å². The van der Waals surface area contributed by atoms with Gasteiger partial charge in [0.05, 0.1) is 43.2 Å². The van der Waals surface area contributed by atoms with Crippen molar-refractivity contribution in [3.05, 3.63) is 60.3 Å². The summed E-state index contributed by atoms with van der Waals surface area (Å²) >= 11 is 0. The zero-order valence-electron chi connectivity index (χ0n) is 18.7. The second kappa shape index (κ2) is 11.0. The van der Waals surface area contributed by atoms with Crippen LogP contribution < -0.4 is 14.6 Å². The molecule has 33 heavy (non-hydrogen) atoms. The Morgan fingerprint density at radius 3 is 2.55 bits per heavy atom. The lowest BCUT2D eigenvalue weighted by Crippen LogP contribution is -2.38. The Bertz CT molecular complexity index is 1060. The Labute approximate surface area is 193 Å². The standard InChI is InChI=1S/C25H29N3O5/c1-2-14-32-23-6-4-3-5-21(23)19-7-9-20(10-8-19)28-24(22(18-26-28)25(29)30)33-17-13-27-11-15-31-16-12-27/h3-10,18H,2,11-17H2,1H3,(H,29,30)/p-1. The molecule has 1 aliphatic rings. The zero-order chi connectivity index (χ0) is 23.0. The number of ether oxygens (including phenoxy) is 3. The lowest BCUT2D eigenvalue weighted by Gasteiger charge is -2.26. The highest BCUT2D eigenvalue weighted by Crippen LogP contribution is 2.31. The molecule has 2 heterocycles. The maximum atomic E-state index is 11.6. The number of para-hydroxylation sites is 1. The minimum atomic E-state index is -1.32. The molecule has 0 amide bonds. The molecule has 0 radical (unpaired) electrons. The first-order chi connectivity index (χ1) is 16.2. The van der Waals surface area contributed by atoms with Gasteiger partial charge in [0.1, 0.15) is 12.4 Å². The van der Waals surface area contributed by atoms with E-state index in [0.717, 1.165) is 36.4 Å². The molecule has 1 aromatic heterocycles. The van der Waals surface area contributed by atoms with E-state index in [2.05, 4.69) is 16.9 Å². The number of morpholine rings is 1. The van der Waals surface area contributed by atoms with Crippen molar-refractivity contribution in [2.45, 2.75) is 13.3 Å². The summed E-state index contributed by atoms with van der Waals surface area (Å²) in [6, 6.07) is 15.6. The van der Waals surface area contributed by atoms with Gasteiger partial charge in [-0.1, -0.05) is 37.3 Å². The number of carboxylic acid groups (broad SMARTS) is 1. The third-order valence-electron chi connectivity index (χ3n) is 5.47. The Morgan fingerprint density at radius 2 is 1.82 bits per heavy atom. The van der Waals surface area contributed by atoms with Gasteiger partial charge in [-0.05, 0) is 30.2 Å². The van der Waals surface area contributed by atoms with Crippen molar-refractivity contribution in [3.8, 4) is 28.4 Å². The van der Waals surface area contributed by atoms with Crippen LogP contribution in [0.1, 0.15) is 23.7 Å². The van der Waals surface area contributed by atoms with E-state index in [1.807, 2.05) is 48.5 Å². The molecule has 3 aromatic rings. The predicted molar refractivity (Wildman–Crippen MR) is 122 cm³/mol. The van der Waals surface area contributed by atoms with E-state index in [9.17, 15) is 9.90 Å². The Balaban J connectivity index is 1.53. The first-order valence-electron chi connectivity index (χ1n) is 11.2. The van der Waals surface area contributed by atoms with Gasteiger partial charge in [0.25, 0.3) is 0 Å². The fourth-order valence-electron chi connectivity index (χ4n) is 3.72. The van der Waals surface area contributed by atoms with Crippen molar-refractivity contribution < 1.29 is 24.1 Å². The van der Waals surface area contributed by atoms with Crippen molar-refractivity contribution in [2.75, 3.05) is 46.1 Å². The lowest BCUT2D eigenvalue weighted by molar-refractivity contribution is -0.255. The van der Waals surface area contributed by atoms with Gasteiger partial charge in [0.15, 0.2) is 0 Å². The Morgan fingerprint density at radius 1 is 1.06 bits per heavy atom. The molecular weight excluding hydrogens is 422 g/mol. The SMILES string of the molecule is CCCOc1ccccc1-c1ccc(-n2ncc(C(=O)[O-])c2OCCN2CCOCC2)cc1. The quantitative estimate of drug-likeness (QED) is 0.469. The highest BCUT2D eigenvalue weighted by molar-refractivity contribution is 5.88. The van der Waals surface area contributed by atoms with Crippen molar-refractivity contribution in [3.63, 3.8) is 0 Å². The fourth-order valence-corrected chi connectivity index (χ4v) is 3.72. The van der Waals surface area contributed by atoms with E-state index in [-0.39, 0.29) is 11.4 Å². The molecule has 174 valence electrons. The van der Waals surface area contributed by atoms with Crippen LogP contribution in [-0.2, 0) is 4.74 Å². The van der Waals surface area contributed by atoms with Crippen LogP contribution in [0, 0.1) is 0 Å². The van der Waals surface area contributed by atoms with Crippen molar-refractivity contribution >= 4 is 5.97 Å². The minimum absolute atomic E-state index is 0.0700. The molecule has 0 atom stereocenters. The van der Waals surface area contributed by atoms with E-state index < -0.39 is 5.97 Å². The molecule has 0 unspecified atom stereocenters. The third-order valence-corrected chi connectivity index (χ3v) is 5.47. The molecule has 1 saturated heterocycles. The van der Waals surface area contributed by atoms with Crippen LogP contribution in [0.5, 0.6) is 11.6 Å². The molecule has 0 aliphatic carbocycles. The van der Waals surface area contributed by atoms with E-state index in [0.29, 0.717) is 38.7 Å². The molecule has 0 saturated carbocycles. The van der Waals surface area contributed by atoms with Crippen LogP contribution in [-0.4, -0.2) is 66.7 Å². The van der Waals surface area contributed by atoms with Gasteiger partial charge in [-0.2, -0.15) is 5.10 Å². The number of nitrogens with zero attached hydrogens (tertiary/aromatic N) is 3. The molecule has 4 rings (SSSR count). The maximum Gasteiger partial charge on any atom is 0.226 e. The topological polar surface area (TPSA) is 88.9 Å². The number of aromatic nitrogens is 2. The number of carbonyl (C=O) groups excluding carboxylic acids is 1. The number of aromatic carboxylic acids is 1. The molecule has 2 aromatic carbocycles. The van der Waals surface area contributed by atoms with Crippen LogP contribution in [0.4, 0.5) is 0 Å². The highest BCUT2D eigenvalue weighted by atomic mass is 16.5. The third kappa shape index (κ3) is 5.53. The maximum absolute atomic E-state index is 11.6. The molecular formula is C25H28N3O5-. The second-order valence-electron chi connectivity index (χ2n) is 7.76. The van der Waals surface area contributed by atoms with Gasteiger partial charge in [-0.3, -0.25) is 4.90 Å². The fraction of sp³-hybridized carbons (Fsp3) is 0.360. The summed E-state index contributed by atoms with van der Waals surface area (Å²) in [4.78, 5) is 13.8. The smallest absolute Gasteiger partial charge is 0.226 e. The first-order valence-corrected chi connectivity index (χ1v) is 11.2. The summed E-state index contributed by atoms with van der Waals surface area (Å²) in [6.45, 7) is 6.80. The Kier molecular flexibility index (Phi) is 7.59. The summed E-state index contributed by atoms with van der Waals surface area (Å²) in [5, 5.41) is 15.9. The van der Waals surface area contributed by atoms with Gasteiger partial charge < -0.3 is 24.1 Å². The molecule has 8 heteroatoms. The summed E-state index contributed by atoms with van der Waals surface area (Å²) in [5.74, 6) is -0.318. The van der Waals surface area contributed by atoms with Gasteiger partial charge in [0, 0.05) is 25.2 Å².